The van der Waals surface area contributed by atoms with Gasteiger partial charge in [0.1, 0.15) is 18.1 Å². The smallest absolute Gasteiger partial charge is 0.370 e. The number of rotatable bonds is 4. The number of anilines is 1. The Balaban J connectivity index is 1.55. The highest BCUT2D eigenvalue weighted by atomic mass is 79.9. The highest BCUT2D eigenvalue weighted by Crippen LogP contribution is 2.50. The highest BCUT2D eigenvalue weighted by molar-refractivity contribution is 9.10. The number of nitrogens with zero attached hydrogens (tertiary/aromatic N) is 1. The fourth-order valence-electron chi connectivity index (χ4n) is 4.01. The summed E-state index contributed by atoms with van der Waals surface area (Å²) in [5, 5.41) is 2.75. The molecule has 2 aromatic rings. The largest absolute Gasteiger partial charge is 0.400 e. The molecule has 0 radical (unpaired) electrons. The van der Waals surface area contributed by atoms with Gasteiger partial charge in [-0.15, -0.1) is 0 Å². The number of hydroxylamine groups is 1. The molecule has 2 aromatic carbocycles. The summed E-state index contributed by atoms with van der Waals surface area (Å²) >= 11 is 15.4. The fourth-order valence-corrected chi connectivity index (χ4v) is 4.72. The number of halogens is 6. The van der Waals surface area contributed by atoms with Gasteiger partial charge in [0.2, 0.25) is 0 Å². The predicted molar refractivity (Wildman–Crippen MR) is 121 cm³/mol. The molecule has 2 N–H and O–H groups in total. The zero-order valence-corrected chi connectivity index (χ0v) is 19.9. The third-order valence-corrected chi connectivity index (χ3v) is 7.79. The number of carbonyl (C=O) groups is 2. The van der Waals surface area contributed by atoms with Crippen molar-refractivity contribution in [2.45, 2.75) is 24.1 Å². The third kappa shape index (κ3) is 4.53. The molecule has 6 nitrogen and oxygen atoms in total. The van der Waals surface area contributed by atoms with Crippen molar-refractivity contribution >= 4 is 56.6 Å². The van der Waals surface area contributed by atoms with Crippen molar-refractivity contribution in [2.75, 3.05) is 24.6 Å². The molecule has 0 aliphatic carbocycles. The van der Waals surface area contributed by atoms with E-state index in [1.807, 2.05) is 0 Å². The van der Waals surface area contributed by atoms with Gasteiger partial charge in [-0.05, 0) is 64.3 Å². The average Bonchev–Trinajstić information content (AvgIpc) is 3.39. The minimum absolute atomic E-state index is 0.00348. The maximum Gasteiger partial charge on any atom is 0.400 e. The minimum atomic E-state index is -4.54. The molecule has 33 heavy (non-hydrogen) atoms. The van der Waals surface area contributed by atoms with Gasteiger partial charge in [-0.2, -0.15) is 13.2 Å². The average molecular weight is 567 g/mol. The maximum atomic E-state index is 14.3. The van der Waals surface area contributed by atoms with Gasteiger partial charge in [0.15, 0.2) is 0 Å². The Morgan fingerprint density at radius 1 is 1.21 bits per heavy atom. The molecule has 2 heterocycles. The van der Waals surface area contributed by atoms with Gasteiger partial charge in [-0.3, -0.25) is 14.4 Å². The van der Waals surface area contributed by atoms with E-state index >= 15 is 0 Å². The van der Waals surface area contributed by atoms with E-state index in [0.29, 0.717) is 10.2 Å². The Bertz CT molecular complexity index is 1080. The van der Waals surface area contributed by atoms with Gasteiger partial charge in [0.05, 0.1) is 14.5 Å². The zero-order chi connectivity index (χ0) is 24.0. The Morgan fingerprint density at radius 2 is 1.85 bits per heavy atom. The van der Waals surface area contributed by atoms with Crippen LogP contribution in [0.1, 0.15) is 22.3 Å². The summed E-state index contributed by atoms with van der Waals surface area (Å²) in [4.78, 5) is 30.2. The molecule has 4 rings (SSSR count). The molecular weight excluding hydrogens is 550 g/mol. The normalized spacial score (nSPS) is 23.0. The second-order valence-corrected chi connectivity index (χ2v) is 9.46. The molecule has 0 spiro atoms. The second kappa shape index (κ2) is 8.98. The zero-order valence-electron chi connectivity index (χ0n) is 16.8. The first-order valence-corrected chi connectivity index (χ1v) is 11.4. The Kier molecular flexibility index (Phi) is 6.56. The van der Waals surface area contributed by atoms with E-state index in [1.165, 1.54) is 24.3 Å². The van der Waals surface area contributed by atoms with Crippen molar-refractivity contribution < 1.29 is 27.6 Å². The molecule has 2 fully saturated rings. The number of hydrogen-bond acceptors (Lipinski definition) is 4. The first-order chi connectivity index (χ1) is 15.5. The molecule has 0 saturated carbocycles. The number of alkyl halides is 3. The summed E-state index contributed by atoms with van der Waals surface area (Å²) in [6.07, 6.45) is -4.71. The van der Waals surface area contributed by atoms with E-state index < -0.39 is 29.4 Å². The summed E-state index contributed by atoms with van der Waals surface area (Å²) in [6, 6.07) is 7.95. The lowest BCUT2D eigenvalue weighted by molar-refractivity contribution is -0.184. The van der Waals surface area contributed by atoms with Gasteiger partial charge in [0.25, 0.3) is 11.8 Å². The molecule has 12 heteroatoms. The summed E-state index contributed by atoms with van der Waals surface area (Å²) in [6.45, 7) is -0.161. The van der Waals surface area contributed by atoms with Crippen molar-refractivity contribution in [2.24, 2.45) is 0 Å². The van der Waals surface area contributed by atoms with E-state index in [2.05, 4.69) is 26.7 Å². The Morgan fingerprint density at radius 3 is 2.39 bits per heavy atom. The summed E-state index contributed by atoms with van der Waals surface area (Å²) in [5.41, 5.74) is 0.808. The van der Waals surface area contributed by atoms with Crippen molar-refractivity contribution in [3.63, 3.8) is 0 Å². The molecule has 2 aliphatic rings. The van der Waals surface area contributed by atoms with Crippen molar-refractivity contribution in [3.8, 4) is 0 Å². The van der Waals surface area contributed by atoms with Crippen LogP contribution in [0, 0.1) is 0 Å². The van der Waals surface area contributed by atoms with Crippen molar-refractivity contribution in [3.05, 3.63) is 62.0 Å². The van der Waals surface area contributed by atoms with Crippen molar-refractivity contribution in [1.29, 1.82) is 0 Å². The van der Waals surface area contributed by atoms with Crippen LogP contribution in [0.5, 0.6) is 0 Å². The summed E-state index contributed by atoms with van der Waals surface area (Å²) in [7, 11) is 0. The molecular formula is C21H17BrCl2F3N3O3. The van der Waals surface area contributed by atoms with Crippen LogP contribution in [0.2, 0.25) is 10.0 Å². The summed E-state index contributed by atoms with van der Waals surface area (Å²) < 4.78 is 43.3. The van der Waals surface area contributed by atoms with Crippen LogP contribution >= 0.6 is 39.1 Å². The van der Waals surface area contributed by atoms with Gasteiger partial charge in [-0.1, -0.05) is 23.2 Å². The van der Waals surface area contributed by atoms with Gasteiger partial charge < -0.3 is 10.2 Å². The predicted octanol–water partition coefficient (Wildman–Crippen LogP) is 4.63. The molecule has 2 atom stereocenters. The van der Waals surface area contributed by atoms with Crippen LogP contribution in [0.15, 0.2) is 40.9 Å². The SMILES string of the molecule is O=C(NC1CONC1=O)c1ccc(N2CCC(c3cc(Cl)c(Br)c(Cl)c3)(C(F)(F)F)C2)cc1. The summed E-state index contributed by atoms with van der Waals surface area (Å²) in [5.74, 6) is -0.939. The second-order valence-electron chi connectivity index (χ2n) is 7.86. The van der Waals surface area contributed by atoms with Crippen LogP contribution in [0.4, 0.5) is 18.9 Å². The number of carbonyl (C=O) groups excluding carboxylic acids is 2. The monoisotopic (exact) mass is 565 g/mol. The molecule has 176 valence electrons. The molecule has 2 amide bonds. The molecule has 0 aromatic heterocycles. The lowest BCUT2D eigenvalue weighted by atomic mass is 9.79. The van der Waals surface area contributed by atoms with Crippen molar-refractivity contribution in [1.82, 2.24) is 10.8 Å². The quantitative estimate of drug-likeness (QED) is 0.530. The number of nitrogens with one attached hydrogen (secondary N) is 2. The lowest BCUT2D eigenvalue weighted by Gasteiger charge is -2.33. The Hall–Kier alpha value is -2.01. The standard InChI is InChI=1S/C21H17BrCl2F3N3O3/c22-17-14(23)7-12(8-15(17)24)20(21(25,26)27)5-6-30(10-20)13-3-1-11(2-4-13)18(31)28-16-9-33-29-19(16)32/h1-4,7-8,16H,5-6,9-10H2,(H,28,31)(H,29,32). The number of benzene rings is 2. The van der Waals surface area contributed by atoms with Crippen LogP contribution in [0.25, 0.3) is 0 Å². The van der Waals surface area contributed by atoms with E-state index in [-0.39, 0.29) is 47.3 Å². The third-order valence-electron chi connectivity index (χ3n) is 5.89. The van der Waals surface area contributed by atoms with Gasteiger partial charge >= 0.3 is 6.18 Å². The van der Waals surface area contributed by atoms with Crippen LogP contribution in [-0.4, -0.2) is 43.7 Å². The maximum absolute atomic E-state index is 14.3. The van der Waals surface area contributed by atoms with E-state index in [9.17, 15) is 22.8 Å². The number of hydrogen-bond donors (Lipinski definition) is 2. The topological polar surface area (TPSA) is 70.7 Å². The highest BCUT2D eigenvalue weighted by Gasteiger charge is 2.59. The fraction of sp³-hybridized carbons (Fsp3) is 0.333. The first kappa shape index (κ1) is 24.1. The van der Waals surface area contributed by atoms with E-state index in [1.54, 1.807) is 17.0 Å². The van der Waals surface area contributed by atoms with Crippen LogP contribution in [0.3, 0.4) is 0 Å². The Labute approximate surface area is 205 Å². The first-order valence-electron chi connectivity index (χ1n) is 9.81. The lowest BCUT2D eigenvalue weighted by Crippen LogP contribution is -2.45. The molecule has 2 aliphatic heterocycles. The van der Waals surface area contributed by atoms with Crippen LogP contribution < -0.4 is 15.7 Å². The minimum Gasteiger partial charge on any atom is -0.370 e. The molecule has 0 bridgehead atoms. The molecule has 2 unspecified atom stereocenters. The van der Waals surface area contributed by atoms with Gasteiger partial charge in [0, 0.05) is 24.3 Å². The van der Waals surface area contributed by atoms with E-state index in [0.717, 1.165) is 0 Å². The molecule has 2 saturated heterocycles. The van der Waals surface area contributed by atoms with Crippen LogP contribution in [-0.2, 0) is 15.0 Å². The van der Waals surface area contributed by atoms with E-state index in [4.69, 9.17) is 28.0 Å². The van der Waals surface area contributed by atoms with Gasteiger partial charge in [-0.25, -0.2) is 5.48 Å². The number of amides is 2.